The summed E-state index contributed by atoms with van der Waals surface area (Å²) in [6.07, 6.45) is 0. The number of hydrogen-bond acceptors (Lipinski definition) is 1. The Morgan fingerprint density at radius 2 is 0.814 bits per heavy atom. The molecule has 278 valence electrons. The standard InChI is InChI=1S/C58H41N/c1-40-16-15-27-55-57(40)52-35-34-51(39-56(52)58(55,47-23-7-3-8-24-47)48-25-9-4-10-26-48)59(50-33-28-41-17-11-12-20-44(41)36-50)49-31-29-43(30-32-49)54-38-46-22-14-13-21-45(46)37-53(54)42-18-5-2-6-19-42/h2-39H,1H3. The van der Waals surface area contributed by atoms with Crippen LogP contribution in [0.3, 0.4) is 0 Å². The van der Waals surface area contributed by atoms with Gasteiger partial charge >= 0.3 is 0 Å². The topological polar surface area (TPSA) is 3.24 Å². The van der Waals surface area contributed by atoms with E-state index in [2.05, 4.69) is 242 Å². The van der Waals surface area contributed by atoms with Crippen molar-refractivity contribution in [2.75, 3.05) is 4.90 Å². The highest BCUT2D eigenvalue weighted by atomic mass is 15.1. The molecule has 1 aliphatic rings. The highest BCUT2D eigenvalue weighted by Gasteiger charge is 2.46. The van der Waals surface area contributed by atoms with Gasteiger partial charge in [0.2, 0.25) is 0 Å². The van der Waals surface area contributed by atoms with E-state index in [9.17, 15) is 0 Å². The van der Waals surface area contributed by atoms with Gasteiger partial charge in [0.1, 0.15) is 0 Å². The Hall–Kier alpha value is -7.48. The van der Waals surface area contributed by atoms with Gasteiger partial charge in [-0.2, -0.15) is 0 Å². The van der Waals surface area contributed by atoms with Crippen LogP contribution in [-0.4, -0.2) is 0 Å². The number of hydrogen-bond donors (Lipinski definition) is 0. The van der Waals surface area contributed by atoms with Crippen LogP contribution in [0, 0.1) is 6.92 Å². The third-order valence-corrected chi connectivity index (χ3v) is 12.4. The number of benzene rings is 10. The minimum atomic E-state index is -0.502. The summed E-state index contributed by atoms with van der Waals surface area (Å²) < 4.78 is 0. The van der Waals surface area contributed by atoms with Crippen LogP contribution in [0.5, 0.6) is 0 Å². The minimum Gasteiger partial charge on any atom is -0.310 e. The smallest absolute Gasteiger partial charge is 0.0714 e. The summed E-state index contributed by atoms with van der Waals surface area (Å²) in [6, 6.07) is 84.9. The van der Waals surface area contributed by atoms with Crippen molar-refractivity contribution < 1.29 is 0 Å². The Kier molecular flexibility index (Phi) is 8.34. The van der Waals surface area contributed by atoms with Gasteiger partial charge in [-0.05, 0) is 138 Å². The molecule has 10 aromatic rings. The second-order valence-electron chi connectivity index (χ2n) is 15.7. The van der Waals surface area contributed by atoms with Crippen molar-refractivity contribution in [3.05, 3.63) is 258 Å². The van der Waals surface area contributed by atoms with Gasteiger partial charge in [0.25, 0.3) is 0 Å². The largest absolute Gasteiger partial charge is 0.310 e. The minimum absolute atomic E-state index is 0.502. The Balaban J connectivity index is 1.13. The fourth-order valence-corrected chi connectivity index (χ4v) is 9.74. The van der Waals surface area contributed by atoms with Gasteiger partial charge in [-0.25, -0.2) is 0 Å². The zero-order valence-electron chi connectivity index (χ0n) is 32.9. The fourth-order valence-electron chi connectivity index (χ4n) is 9.74. The molecule has 0 aliphatic heterocycles. The molecule has 0 radical (unpaired) electrons. The van der Waals surface area contributed by atoms with Crippen LogP contribution in [0.1, 0.15) is 27.8 Å². The van der Waals surface area contributed by atoms with Crippen LogP contribution < -0.4 is 4.90 Å². The molecule has 11 rings (SSSR count). The van der Waals surface area contributed by atoms with E-state index in [1.165, 1.54) is 82.7 Å². The van der Waals surface area contributed by atoms with Crippen LogP contribution in [0.2, 0.25) is 0 Å². The lowest BCUT2D eigenvalue weighted by atomic mass is 9.67. The second kappa shape index (κ2) is 14.2. The molecule has 1 nitrogen and oxygen atoms in total. The first-order valence-electron chi connectivity index (χ1n) is 20.5. The highest BCUT2D eigenvalue weighted by Crippen LogP contribution is 2.58. The predicted molar refractivity (Wildman–Crippen MR) is 249 cm³/mol. The lowest BCUT2D eigenvalue weighted by Gasteiger charge is -2.35. The molecular formula is C58H41N. The first kappa shape index (κ1) is 34.7. The average Bonchev–Trinajstić information content (AvgIpc) is 3.61. The van der Waals surface area contributed by atoms with E-state index in [-0.39, 0.29) is 0 Å². The molecule has 0 heterocycles. The van der Waals surface area contributed by atoms with Crippen molar-refractivity contribution in [3.8, 4) is 33.4 Å². The Bertz CT molecular complexity index is 3110. The van der Waals surface area contributed by atoms with E-state index < -0.39 is 5.41 Å². The molecule has 0 spiro atoms. The van der Waals surface area contributed by atoms with Gasteiger partial charge in [-0.3, -0.25) is 0 Å². The van der Waals surface area contributed by atoms with Gasteiger partial charge in [0, 0.05) is 17.1 Å². The predicted octanol–water partition coefficient (Wildman–Crippen LogP) is 15.5. The summed E-state index contributed by atoms with van der Waals surface area (Å²) in [4.78, 5) is 2.44. The first-order valence-corrected chi connectivity index (χ1v) is 20.5. The number of nitrogens with zero attached hydrogens (tertiary/aromatic N) is 1. The molecule has 0 aromatic heterocycles. The van der Waals surface area contributed by atoms with Crippen molar-refractivity contribution in [1.29, 1.82) is 0 Å². The zero-order valence-corrected chi connectivity index (χ0v) is 32.9. The Labute approximate surface area is 346 Å². The second-order valence-corrected chi connectivity index (χ2v) is 15.7. The van der Waals surface area contributed by atoms with Gasteiger partial charge in [-0.15, -0.1) is 0 Å². The number of rotatable bonds is 7. The molecule has 0 bridgehead atoms. The molecule has 1 aliphatic carbocycles. The maximum atomic E-state index is 2.47. The van der Waals surface area contributed by atoms with E-state index in [0.29, 0.717) is 0 Å². The van der Waals surface area contributed by atoms with Crippen LogP contribution in [0.4, 0.5) is 17.1 Å². The van der Waals surface area contributed by atoms with E-state index >= 15 is 0 Å². The SMILES string of the molecule is Cc1cccc2c1-c1ccc(N(c3ccc(-c4cc5ccccc5cc4-c4ccccc4)cc3)c3ccc4ccccc4c3)cc1C2(c1ccccc1)c1ccccc1. The number of fused-ring (bicyclic) bond motifs is 5. The van der Waals surface area contributed by atoms with Gasteiger partial charge in [0.15, 0.2) is 0 Å². The lowest BCUT2D eigenvalue weighted by molar-refractivity contribution is 0.768. The van der Waals surface area contributed by atoms with Gasteiger partial charge < -0.3 is 4.90 Å². The Morgan fingerprint density at radius 3 is 1.44 bits per heavy atom. The van der Waals surface area contributed by atoms with E-state index in [1.54, 1.807) is 0 Å². The van der Waals surface area contributed by atoms with Crippen LogP contribution in [0.15, 0.2) is 231 Å². The van der Waals surface area contributed by atoms with Crippen LogP contribution in [-0.2, 0) is 5.41 Å². The molecule has 59 heavy (non-hydrogen) atoms. The van der Waals surface area contributed by atoms with Crippen molar-refractivity contribution in [3.63, 3.8) is 0 Å². The van der Waals surface area contributed by atoms with Gasteiger partial charge in [0.05, 0.1) is 5.41 Å². The molecule has 0 saturated heterocycles. The third kappa shape index (κ3) is 5.69. The quantitative estimate of drug-likeness (QED) is 0.157. The lowest BCUT2D eigenvalue weighted by Crippen LogP contribution is -2.28. The molecular weight excluding hydrogens is 711 g/mol. The summed E-state index contributed by atoms with van der Waals surface area (Å²) in [6.45, 7) is 2.25. The molecule has 0 amide bonds. The van der Waals surface area contributed by atoms with Crippen LogP contribution >= 0.6 is 0 Å². The van der Waals surface area contributed by atoms with Crippen LogP contribution in [0.25, 0.3) is 54.9 Å². The van der Waals surface area contributed by atoms with Gasteiger partial charge in [-0.1, -0.05) is 182 Å². The maximum Gasteiger partial charge on any atom is 0.0714 e. The monoisotopic (exact) mass is 751 g/mol. The van der Waals surface area contributed by atoms with E-state index in [0.717, 1.165) is 17.1 Å². The number of aryl methyl sites for hydroxylation is 1. The first-order chi connectivity index (χ1) is 29.2. The van der Waals surface area contributed by atoms with Crippen molar-refractivity contribution in [1.82, 2.24) is 0 Å². The Morgan fingerprint density at radius 1 is 0.322 bits per heavy atom. The number of anilines is 3. The molecule has 0 unspecified atom stereocenters. The molecule has 10 aromatic carbocycles. The normalized spacial score (nSPS) is 12.6. The van der Waals surface area contributed by atoms with E-state index in [4.69, 9.17) is 0 Å². The summed E-state index contributed by atoms with van der Waals surface area (Å²) in [5.74, 6) is 0. The summed E-state index contributed by atoms with van der Waals surface area (Å²) in [7, 11) is 0. The molecule has 1 heteroatoms. The molecule has 0 fully saturated rings. The summed E-state index contributed by atoms with van der Waals surface area (Å²) in [5.41, 5.74) is 16.7. The van der Waals surface area contributed by atoms with E-state index in [1.807, 2.05) is 0 Å². The average molecular weight is 752 g/mol. The van der Waals surface area contributed by atoms with Crippen molar-refractivity contribution in [2.24, 2.45) is 0 Å². The van der Waals surface area contributed by atoms with Crippen molar-refractivity contribution >= 4 is 38.6 Å². The summed E-state index contributed by atoms with van der Waals surface area (Å²) in [5, 5.41) is 4.91. The highest BCUT2D eigenvalue weighted by molar-refractivity contribution is 5.97. The fraction of sp³-hybridized carbons (Fsp3) is 0.0345. The molecule has 0 saturated carbocycles. The summed E-state index contributed by atoms with van der Waals surface area (Å²) >= 11 is 0. The molecule has 0 atom stereocenters. The zero-order chi connectivity index (χ0) is 39.3. The molecule has 0 N–H and O–H groups in total. The third-order valence-electron chi connectivity index (χ3n) is 12.4. The maximum absolute atomic E-state index is 2.47. The van der Waals surface area contributed by atoms with Crippen molar-refractivity contribution in [2.45, 2.75) is 12.3 Å².